The molecule has 1 fully saturated rings. The highest BCUT2D eigenvalue weighted by molar-refractivity contribution is 5.78. The molecule has 1 aromatic rings. The third kappa shape index (κ3) is 3.82. The monoisotopic (exact) mass is 303 g/mol. The molecule has 2 N–H and O–H groups in total. The van der Waals surface area contributed by atoms with E-state index >= 15 is 0 Å². The maximum Gasteiger partial charge on any atom is 0.260 e. The van der Waals surface area contributed by atoms with Crippen molar-refractivity contribution in [3.63, 3.8) is 0 Å². The molecule has 2 rings (SSSR count). The van der Waals surface area contributed by atoms with E-state index in [1.165, 1.54) is 12.5 Å². The van der Waals surface area contributed by atoms with Gasteiger partial charge < -0.3 is 20.1 Å². The fourth-order valence-corrected chi connectivity index (χ4v) is 2.47. The molecular weight excluding hydrogens is 282 g/mol. The molecule has 0 radical (unpaired) electrons. The van der Waals surface area contributed by atoms with Crippen LogP contribution in [0.3, 0.4) is 0 Å². The highest BCUT2D eigenvalue weighted by atomic mass is 16.5. The van der Waals surface area contributed by atoms with E-state index in [4.69, 9.17) is 20.5 Å². The Morgan fingerprint density at radius 1 is 1.32 bits per heavy atom. The minimum absolute atomic E-state index is 0.0501. The van der Waals surface area contributed by atoms with Crippen LogP contribution in [0.2, 0.25) is 0 Å². The molecule has 0 atom stereocenters. The molecule has 1 aliphatic rings. The Labute approximate surface area is 130 Å². The topological polar surface area (TPSA) is 88.6 Å². The average Bonchev–Trinajstić information content (AvgIpc) is 2.54. The van der Waals surface area contributed by atoms with Crippen molar-refractivity contribution in [3.05, 3.63) is 17.7 Å². The molecule has 1 saturated heterocycles. The van der Waals surface area contributed by atoms with E-state index in [1.54, 1.807) is 6.07 Å². The zero-order valence-electron chi connectivity index (χ0n) is 12.8. The van der Waals surface area contributed by atoms with E-state index in [1.807, 2.05) is 17.9 Å². The number of carbonyl (C=O) groups excluding carboxylic acids is 1. The molecule has 1 aromatic carbocycles. The van der Waals surface area contributed by atoms with Crippen LogP contribution in [0.4, 0.5) is 5.69 Å². The van der Waals surface area contributed by atoms with Crippen LogP contribution in [0.25, 0.3) is 0 Å². The summed E-state index contributed by atoms with van der Waals surface area (Å²) >= 11 is 0. The van der Waals surface area contributed by atoms with Crippen LogP contribution in [0.15, 0.2) is 12.1 Å². The van der Waals surface area contributed by atoms with Gasteiger partial charge in [0.2, 0.25) is 0 Å². The van der Waals surface area contributed by atoms with Gasteiger partial charge in [-0.2, -0.15) is 5.26 Å². The van der Waals surface area contributed by atoms with Gasteiger partial charge in [-0.1, -0.05) is 0 Å². The first kappa shape index (κ1) is 16.0. The lowest BCUT2D eigenvalue weighted by atomic mass is 10.1. The number of rotatable bonds is 5. The maximum atomic E-state index is 12.1. The number of nitrogens with zero attached hydrogens (tertiary/aromatic N) is 2. The van der Waals surface area contributed by atoms with Crippen LogP contribution in [0.1, 0.15) is 31.7 Å². The largest absolute Gasteiger partial charge is 0.490 e. The molecule has 6 heteroatoms. The molecule has 1 amide bonds. The summed E-state index contributed by atoms with van der Waals surface area (Å²) in [5.41, 5.74) is 6.61. The second-order valence-electron chi connectivity index (χ2n) is 5.17. The maximum absolute atomic E-state index is 12.1. The number of nitriles is 1. The van der Waals surface area contributed by atoms with Crippen molar-refractivity contribution in [2.24, 2.45) is 0 Å². The minimum atomic E-state index is -0.0732. The van der Waals surface area contributed by atoms with E-state index in [9.17, 15) is 4.79 Å². The van der Waals surface area contributed by atoms with Gasteiger partial charge in [-0.25, -0.2) is 0 Å². The van der Waals surface area contributed by atoms with Crippen LogP contribution in [-0.2, 0) is 4.79 Å². The number of benzene rings is 1. The van der Waals surface area contributed by atoms with Crippen molar-refractivity contribution in [1.29, 1.82) is 5.26 Å². The first-order valence-electron chi connectivity index (χ1n) is 7.52. The van der Waals surface area contributed by atoms with Gasteiger partial charge in [-0.15, -0.1) is 0 Å². The fraction of sp³-hybridized carbons (Fsp3) is 0.500. The Morgan fingerprint density at radius 2 is 2.05 bits per heavy atom. The molecule has 1 heterocycles. The number of likely N-dealkylation sites (tertiary alicyclic amines) is 1. The number of nitrogens with two attached hydrogens (primary N) is 1. The molecule has 118 valence electrons. The fourth-order valence-electron chi connectivity index (χ4n) is 2.47. The number of carbonyl (C=O) groups is 1. The Morgan fingerprint density at radius 3 is 2.68 bits per heavy atom. The number of anilines is 1. The quantitative estimate of drug-likeness (QED) is 0.840. The summed E-state index contributed by atoms with van der Waals surface area (Å²) in [7, 11) is 0. The second-order valence-corrected chi connectivity index (χ2v) is 5.17. The summed E-state index contributed by atoms with van der Waals surface area (Å²) < 4.78 is 11.0. The number of hydrogen-bond acceptors (Lipinski definition) is 5. The molecule has 1 aliphatic heterocycles. The van der Waals surface area contributed by atoms with Gasteiger partial charge in [-0.05, 0) is 32.3 Å². The summed E-state index contributed by atoms with van der Waals surface area (Å²) in [5.74, 6) is 0.669. The average molecular weight is 303 g/mol. The molecule has 0 aromatic heterocycles. The lowest BCUT2D eigenvalue weighted by Crippen LogP contribution is -2.38. The normalized spacial score (nSPS) is 14.3. The van der Waals surface area contributed by atoms with Crippen molar-refractivity contribution in [3.8, 4) is 17.6 Å². The summed E-state index contributed by atoms with van der Waals surface area (Å²) in [5, 5.41) is 8.97. The second kappa shape index (κ2) is 7.55. The van der Waals surface area contributed by atoms with Gasteiger partial charge in [0.15, 0.2) is 18.1 Å². The van der Waals surface area contributed by atoms with Crippen LogP contribution >= 0.6 is 0 Å². The summed E-state index contributed by atoms with van der Waals surface area (Å²) in [6.45, 7) is 3.74. The summed E-state index contributed by atoms with van der Waals surface area (Å²) in [6.07, 6.45) is 3.24. The van der Waals surface area contributed by atoms with Crippen molar-refractivity contribution in [1.82, 2.24) is 4.90 Å². The predicted molar refractivity (Wildman–Crippen MR) is 82.7 cm³/mol. The lowest BCUT2D eigenvalue weighted by Gasteiger charge is -2.26. The zero-order chi connectivity index (χ0) is 15.9. The Kier molecular flexibility index (Phi) is 5.48. The van der Waals surface area contributed by atoms with E-state index in [0.29, 0.717) is 29.4 Å². The smallest absolute Gasteiger partial charge is 0.260 e. The van der Waals surface area contributed by atoms with Crippen LogP contribution in [-0.4, -0.2) is 37.1 Å². The summed E-state index contributed by atoms with van der Waals surface area (Å²) in [6, 6.07) is 5.11. The molecule has 22 heavy (non-hydrogen) atoms. The Balaban J connectivity index is 2.08. The molecule has 6 nitrogen and oxygen atoms in total. The van der Waals surface area contributed by atoms with Gasteiger partial charge in [0, 0.05) is 19.2 Å². The van der Waals surface area contributed by atoms with Crippen molar-refractivity contribution < 1.29 is 14.3 Å². The van der Waals surface area contributed by atoms with Crippen LogP contribution < -0.4 is 15.2 Å². The van der Waals surface area contributed by atoms with E-state index in [2.05, 4.69) is 0 Å². The van der Waals surface area contributed by atoms with Gasteiger partial charge in [-0.3, -0.25) is 4.79 Å². The first-order valence-corrected chi connectivity index (χ1v) is 7.52. The van der Waals surface area contributed by atoms with Gasteiger partial charge in [0.05, 0.1) is 23.9 Å². The van der Waals surface area contributed by atoms with Gasteiger partial charge >= 0.3 is 0 Å². The standard InChI is InChI=1S/C16H21N3O3/c1-2-21-14-9-12(10-17)8-13(18)16(14)22-11-15(20)19-6-4-3-5-7-19/h8-9H,2-7,11,18H2,1H3. The molecule has 0 spiro atoms. The highest BCUT2D eigenvalue weighted by Crippen LogP contribution is 2.35. The van der Waals surface area contributed by atoms with Crippen LogP contribution in [0, 0.1) is 11.3 Å². The zero-order valence-corrected chi connectivity index (χ0v) is 12.8. The van der Waals surface area contributed by atoms with Crippen molar-refractivity contribution >= 4 is 11.6 Å². The minimum Gasteiger partial charge on any atom is -0.490 e. The molecular formula is C16H21N3O3. The van der Waals surface area contributed by atoms with E-state index in [0.717, 1.165) is 25.9 Å². The number of nitrogen functional groups attached to an aromatic ring is 1. The van der Waals surface area contributed by atoms with Crippen molar-refractivity contribution in [2.75, 3.05) is 32.0 Å². The van der Waals surface area contributed by atoms with E-state index in [-0.39, 0.29) is 12.5 Å². The number of amides is 1. The van der Waals surface area contributed by atoms with Crippen molar-refractivity contribution in [2.45, 2.75) is 26.2 Å². The Hall–Kier alpha value is -2.42. The first-order chi connectivity index (χ1) is 10.7. The van der Waals surface area contributed by atoms with Crippen LogP contribution in [0.5, 0.6) is 11.5 Å². The molecule has 0 aliphatic carbocycles. The number of ether oxygens (including phenoxy) is 2. The molecule has 0 unspecified atom stereocenters. The van der Waals surface area contributed by atoms with Gasteiger partial charge in [0.25, 0.3) is 5.91 Å². The molecule has 0 bridgehead atoms. The number of hydrogen-bond donors (Lipinski definition) is 1. The lowest BCUT2D eigenvalue weighted by molar-refractivity contribution is -0.134. The summed E-state index contributed by atoms with van der Waals surface area (Å²) in [4.78, 5) is 14.0. The SMILES string of the molecule is CCOc1cc(C#N)cc(N)c1OCC(=O)N1CCCCC1. The third-order valence-corrected chi connectivity index (χ3v) is 3.56. The Bertz CT molecular complexity index is 575. The molecule has 0 saturated carbocycles. The highest BCUT2D eigenvalue weighted by Gasteiger charge is 2.19. The third-order valence-electron chi connectivity index (χ3n) is 3.56. The van der Waals surface area contributed by atoms with Gasteiger partial charge in [0.1, 0.15) is 0 Å². The van der Waals surface area contributed by atoms with E-state index < -0.39 is 0 Å². The number of piperidine rings is 1. The predicted octanol–water partition coefficient (Wildman–Crippen LogP) is 1.93.